The van der Waals surface area contributed by atoms with Gasteiger partial charge in [-0.1, -0.05) is 0 Å². The van der Waals surface area contributed by atoms with E-state index in [0.29, 0.717) is 12.1 Å². The molecule has 2 fully saturated rings. The van der Waals surface area contributed by atoms with Crippen LogP contribution >= 0.6 is 0 Å². The minimum Gasteiger partial charge on any atom is -0.355 e. The maximum Gasteiger partial charge on any atom is 0.237 e. The molecule has 0 aromatic carbocycles. The Labute approximate surface area is 110 Å². The number of rotatable bonds is 4. The van der Waals surface area contributed by atoms with Crippen molar-refractivity contribution < 1.29 is 4.79 Å². The molecule has 2 N–H and O–H groups in total. The lowest BCUT2D eigenvalue weighted by atomic mass is 10.1. The van der Waals surface area contributed by atoms with Crippen LogP contribution in [-0.2, 0) is 4.79 Å². The van der Waals surface area contributed by atoms with Gasteiger partial charge in [0.15, 0.2) is 0 Å². The highest BCUT2D eigenvalue weighted by Gasteiger charge is 2.31. The molecule has 4 nitrogen and oxygen atoms in total. The lowest BCUT2D eigenvalue weighted by Crippen LogP contribution is -2.52. The van der Waals surface area contributed by atoms with Gasteiger partial charge in [-0.3, -0.25) is 9.69 Å². The van der Waals surface area contributed by atoms with Gasteiger partial charge in [0, 0.05) is 25.2 Å². The third-order valence-electron chi connectivity index (χ3n) is 4.16. The molecule has 0 aromatic heterocycles. The average Bonchev–Trinajstić information content (AvgIpc) is 2.75. The molecule has 0 aliphatic carbocycles. The van der Waals surface area contributed by atoms with E-state index >= 15 is 0 Å². The van der Waals surface area contributed by atoms with Gasteiger partial charge in [0.2, 0.25) is 5.91 Å². The van der Waals surface area contributed by atoms with Crippen molar-refractivity contribution in [1.82, 2.24) is 15.5 Å². The predicted molar refractivity (Wildman–Crippen MR) is 73.5 cm³/mol. The van der Waals surface area contributed by atoms with E-state index in [2.05, 4.69) is 29.4 Å². The van der Waals surface area contributed by atoms with Gasteiger partial charge in [-0.15, -0.1) is 0 Å². The van der Waals surface area contributed by atoms with Crippen LogP contribution in [0.4, 0.5) is 0 Å². The Morgan fingerprint density at radius 1 is 1.22 bits per heavy atom. The van der Waals surface area contributed by atoms with Crippen LogP contribution in [0.3, 0.4) is 0 Å². The van der Waals surface area contributed by atoms with E-state index in [1.807, 2.05) is 0 Å². The monoisotopic (exact) mass is 253 g/mol. The minimum atomic E-state index is 0.0786. The molecule has 2 saturated heterocycles. The van der Waals surface area contributed by atoms with Crippen molar-refractivity contribution in [1.29, 1.82) is 0 Å². The molecule has 0 aromatic rings. The summed E-state index contributed by atoms with van der Waals surface area (Å²) in [6.07, 6.45) is 5.81. The smallest absolute Gasteiger partial charge is 0.237 e. The summed E-state index contributed by atoms with van der Waals surface area (Å²) in [6, 6.07) is 1.08. The summed E-state index contributed by atoms with van der Waals surface area (Å²) in [5.74, 6) is 0.235. The molecule has 2 unspecified atom stereocenters. The second-order valence-corrected chi connectivity index (χ2v) is 5.89. The van der Waals surface area contributed by atoms with Gasteiger partial charge in [0.25, 0.3) is 0 Å². The molecule has 0 spiro atoms. The molecule has 0 radical (unpaired) electrons. The Hall–Kier alpha value is -0.610. The molecule has 2 atom stereocenters. The van der Waals surface area contributed by atoms with E-state index in [9.17, 15) is 4.79 Å². The van der Waals surface area contributed by atoms with Crippen molar-refractivity contribution in [3.8, 4) is 0 Å². The zero-order chi connectivity index (χ0) is 13.0. The molecule has 2 heterocycles. The van der Waals surface area contributed by atoms with Crippen molar-refractivity contribution in [3.05, 3.63) is 0 Å². The number of carbonyl (C=O) groups is 1. The number of nitrogens with zero attached hydrogens (tertiary/aromatic N) is 1. The average molecular weight is 253 g/mol. The highest BCUT2D eigenvalue weighted by atomic mass is 16.2. The fraction of sp³-hybridized carbons (Fsp3) is 0.929. The van der Waals surface area contributed by atoms with E-state index in [4.69, 9.17) is 0 Å². The SMILES string of the molecule is CC(C)N(CC1CCCN1)C1CCCCNC1=O. The largest absolute Gasteiger partial charge is 0.355 e. The Bertz CT molecular complexity index is 274. The maximum absolute atomic E-state index is 12.2. The van der Waals surface area contributed by atoms with Crippen LogP contribution in [0.25, 0.3) is 0 Å². The first-order valence-corrected chi connectivity index (χ1v) is 7.45. The zero-order valence-electron chi connectivity index (χ0n) is 11.7. The molecule has 0 saturated carbocycles. The third kappa shape index (κ3) is 3.45. The summed E-state index contributed by atoms with van der Waals surface area (Å²) in [7, 11) is 0. The summed E-state index contributed by atoms with van der Waals surface area (Å²) in [4.78, 5) is 14.6. The zero-order valence-corrected chi connectivity index (χ0v) is 11.7. The summed E-state index contributed by atoms with van der Waals surface area (Å²) in [5, 5.41) is 6.59. The highest BCUT2D eigenvalue weighted by molar-refractivity contribution is 5.82. The molecule has 18 heavy (non-hydrogen) atoms. The molecular formula is C14H27N3O. The number of carbonyl (C=O) groups excluding carboxylic acids is 1. The minimum absolute atomic E-state index is 0.0786. The quantitative estimate of drug-likeness (QED) is 0.789. The van der Waals surface area contributed by atoms with Gasteiger partial charge in [-0.2, -0.15) is 0 Å². The van der Waals surface area contributed by atoms with E-state index in [-0.39, 0.29) is 11.9 Å². The molecular weight excluding hydrogens is 226 g/mol. The van der Waals surface area contributed by atoms with Crippen LogP contribution in [0, 0.1) is 0 Å². The van der Waals surface area contributed by atoms with E-state index in [1.54, 1.807) is 0 Å². The van der Waals surface area contributed by atoms with Gasteiger partial charge in [-0.05, 0) is 52.5 Å². The van der Waals surface area contributed by atoms with E-state index in [1.165, 1.54) is 12.8 Å². The van der Waals surface area contributed by atoms with Crippen LogP contribution in [0.1, 0.15) is 46.0 Å². The Morgan fingerprint density at radius 3 is 2.72 bits per heavy atom. The maximum atomic E-state index is 12.2. The van der Waals surface area contributed by atoms with Crippen molar-refractivity contribution in [2.75, 3.05) is 19.6 Å². The van der Waals surface area contributed by atoms with Crippen molar-refractivity contribution in [2.45, 2.75) is 64.1 Å². The number of hydrogen-bond acceptors (Lipinski definition) is 3. The van der Waals surface area contributed by atoms with Crippen LogP contribution in [0.2, 0.25) is 0 Å². The first-order chi connectivity index (χ1) is 8.68. The van der Waals surface area contributed by atoms with Gasteiger partial charge < -0.3 is 10.6 Å². The molecule has 1 amide bonds. The van der Waals surface area contributed by atoms with Crippen molar-refractivity contribution in [2.24, 2.45) is 0 Å². The van der Waals surface area contributed by atoms with Gasteiger partial charge in [0.05, 0.1) is 6.04 Å². The Kier molecular flexibility index (Phi) is 5.01. The topological polar surface area (TPSA) is 44.4 Å². The molecule has 4 heteroatoms. The second-order valence-electron chi connectivity index (χ2n) is 5.89. The van der Waals surface area contributed by atoms with Crippen molar-refractivity contribution >= 4 is 5.91 Å². The van der Waals surface area contributed by atoms with Gasteiger partial charge in [0.1, 0.15) is 0 Å². The van der Waals surface area contributed by atoms with Crippen LogP contribution in [-0.4, -0.2) is 48.6 Å². The van der Waals surface area contributed by atoms with Crippen LogP contribution in [0.15, 0.2) is 0 Å². The first kappa shape index (κ1) is 13.8. The Balaban J connectivity index is 2.00. The lowest BCUT2D eigenvalue weighted by Gasteiger charge is -2.35. The summed E-state index contributed by atoms with van der Waals surface area (Å²) in [6.45, 7) is 7.40. The normalized spacial score (nSPS) is 29.7. The summed E-state index contributed by atoms with van der Waals surface area (Å²) < 4.78 is 0. The number of amides is 1. The first-order valence-electron chi connectivity index (χ1n) is 7.45. The lowest BCUT2D eigenvalue weighted by molar-refractivity contribution is -0.127. The standard InChI is InChI=1S/C14H27N3O/c1-11(2)17(10-12-6-5-9-15-12)13-7-3-4-8-16-14(13)18/h11-13,15H,3-10H2,1-2H3,(H,16,18). The fourth-order valence-corrected chi connectivity index (χ4v) is 3.10. The van der Waals surface area contributed by atoms with Crippen LogP contribution in [0.5, 0.6) is 0 Å². The molecule has 2 aliphatic rings. The summed E-state index contributed by atoms with van der Waals surface area (Å²) in [5.41, 5.74) is 0. The number of hydrogen-bond donors (Lipinski definition) is 2. The Morgan fingerprint density at radius 2 is 2.06 bits per heavy atom. The number of nitrogens with one attached hydrogen (secondary N) is 2. The molecule has 2 aliphatic heterocycles. The van der Waals surface area contributed by atoms with E-state index in [0.717, 1.165) is 38.9 Å². The van der Waals surface area contributed by atoms with E-state index < -0.39 is 0 Å². The predicted octanol–water partition coefficient (Wildman–Crippen LogP) is 1.12. The summed E-state index contributed by atoms with van der Waals surface area (Å²) >= 11 is 0. The molecule has 104 valence electrons. The van der Waals surface area contributed by atoms with Crippen molar-refractivity contribution in [3.63, 3.8) is 0 Å². The third-order valence-corrected chi connectivity index (χ3v) is 4.16. The highest BCUT2D eigenvalue weighted by Crippen LogP contribution is 2.18. The molecule has 0 bridgehead atoms. The second kappa shape index (κ2) is 6.53. The van der Waals surface area contributed by atoms with Gasteiger partial charge in [-0.25, -0.2) is 0 Å². The molecule has 2 rings (SSSR count). The van der Waals surface area contributed by atoms with Crippen LogP contribution < -0.4 is 10.6 Å². The fourth-order valence-electron chi connectivity index (χ4n) is 3.10. The van der Waals surface area contributed by atoms with Gasteiger partial charge >= 0.3 is 0 Å².